The van der Waals surface area contributed by atoms with E-state index < -0.39 is 0 Å². The van der Waals surface area contributed by atoms with Crippen LogP contribution in [0.4, 0.5) is 23.0 Å². The number of para-hydroxylation sites is 1. The van der Waals surface area contributed by atoms with Gasteiger partial charge in [0.05, 0.1) is 11.1 Å². The molecule has 29 heavy (non-hydrogen) atoms. The summed E-state index contributed by atoms with van der Waals surface area (Å²) >= 11 is 1.69. The number of rotatable bonds is 5. The lowest BCUT2D eigenvalue weighted by molar-refractivity contribution is 0.565. The van der Waals surface area contributed by atoms with Crippen LogP contribution in [0.5, 0.6) is 0 Å². The van der Waals surface area contributed by atoms with Crippen molar-refractivity contribution in [2.24, 2.45) is 0 Å². The summed E-state index contributed by atoms with van der Waals surface area (Å²) in [5.74, 6) is 2.00. The largest absolute Gasteiger partial charge is 0.461 e. The molecular weight excluding hydrogens is 384 g/mol. The second kappa shape index (κ2) is 7.97. The van der Waals surface area contributed by atoms with Crippen LogP contribution < -0.4 is 15.6 Å². The van der Waals surface area contributed by atoms with E-state index in [2.05, 4.69) is 33.7 Å². The van der Waals surface area contributed by atoms with E-state index in [1.165, 1.54) is 17.3 Å². The van der Waals surface area contributed by atoms with Gasteiger partial charge in [-0.25, -0.2) is 9.97 Å². The molecule has 0 amide bonds. The first-order valence-electron chi connectivity index (χ1n) is 9.05. The Hall–Kier alpha value is -3.32. The zero-order chi connectivity index (χ0) is 20.4. The molecule has 0 spiro atoms. The highest BCUT2D eigenvalue weighted by molar-refractivity contribution is 7.98. The van der Waals surface area contributed by atoms with Crippen LogP contribution in [0.1, 0.15) is 5.76 Å². The fourth-order valence-electron chi connectivity index (χ4n) is 3.13. The van der Waals surface area contributed by atoms with Crippen LogP contribution in [-0.2, 0) is 0 Å². The van der Waals surface area contributed by atoms with Crippen molar-refractivity contribution in [2.75, 3.05) is 23.5 Å². The van der Waals surface area contributed by atoms with Crippen molar-refractivity contribution in [2.45, 2.75) is 11.8 Å². The molecule has 0 bridgehead atoms. The topological polar surface area (TPSA) is 71.3 Å². The Labute approximate surface area is 172 Å². The van der Waals surface area contributed by atoms with Gasteiger partial charge in [-0.05, 0) is 37.4 Å². The van der Waals surface area contributed by atoms with Gasteiger partial charge in [0, 0.05) is 35.8 Å². The molecule has 0 saturated heterocycles. The Morgan fingerprint density at radius 2 is 1.90 bits per heavy atom. The van der Waals surface area contributed by atoms with E-state index in [9.17, 15) is 4.79 Å². The quantitative estimate of drug-likeness (QED) is 0.463. The van der Waals surface area contributed by atoms with Gasteiger partial charge >= 0.3 is 0 Å². The van der Waals surface area contributed by atoms with Gasteiger partial charge in [0.25, 0.3) is 0 Å². The molecule has 2 aromatic heterocycles. The molecule has 1 N–H and O–H groups in total. The van der Waals surface area contributed by atoms with E-state index in [4.69, 9.17) is 4.42 Å². The molecule has 0 aliphatic rings. The average Bonchev–Trinajstić information content (AvgIpc) is 2.73. The monoisotopic (exact) mass is 404 g/mol. The molecule has 2 heterocycles. The Balaban J connectivity index is 1.64. The Kier molecular flexibility index (Phi) is 5.22. The van der Waals surface area contributed by atoms with Crippen molar-refractivity contribution in [3.63, 3.8) is 0 Å². The number of thioether (sulfide) groups is 1. The summed E-state index contributed by atoms with van der Waals surface area (Å²) in [6.45, 7) is 1.76. The third kappa shape index (κ3) is 3.95. The van der Waals surface area contributed by atoms with Crippen molar-refractivity contribution >= 4 is 45.7 Å². The first-order valence-corrected chi connectivity index (χ1v) is 10.3. The molecular formula is C22H20N4O2S. The highest BCUT2D eigenvalue weighted by Crippen LogP contribution is 2.32. The second-order valence-electron chi connectivity index (χ2n) is 6.55. The molecule has 4 rings (SSSR count). The summed E-state index contributed by atoms with van der Waals surface area (Å²) in [5, 5.41) is 3.82. The Morgan fingerprint density at radius 3 is 2.72 bits per heavy atom. The summed E-state index contributed by atoms with van der Waals surface area (Å²) in [6.07, 6.45) is 3.58. The lowest BCUT2D eigenvalue weighted by Crippen LogP contribution is -2.12. The van der Waals surface area contributed by atoms with Crippen LogP contribution in [-0.4, -0.2) is 23.3 Å². The standard InChI is InChI=1S/C22H20N4O2S/c1-14-10-18(27)16-9-8-15(11-19(16)28-14)25-21-12-22(24-13-23-21)26(2)17-6-4-5-7-20(17)29-3/h4-13H,1-3H3,(H,23,24,25). The van der Waals surface area contributed by atoms with E-state index in [1.807, 2.05) is 36.2 Å². The van der Waals surface area contributed by atoms with Crippen LogP contribution in [0.25, 0.3) is 11.0 Å². The molecule has 0 radical (unpaired) electrons. The van der Waals surface area contributed by atoms with E-state index in [0.717, 1.165) is 17.2 Å². The highest BCUT2D eigenvalue weighted by Gasteiger charge is 2.11. The van der Waals surface area contributed by atoms with Crippen molar-refractivity contribution in [3.05, 3.63) is 76.9 Å². The fourth-order valence-corrected chi connectivity index (χ4v) is 3.76. The molecule has 7 heteroatoms. The van der Waals surface area contributed by atoms with E-state index in [0.29, 0.717) is 22.5 Å². The number of nitrogens with zero attached hydrogens (tertiary/aromatic N) is 3. The fraction of sp³-hybridized carbons (Fsp3) is 0.136. The van der Waals surface area contributed by atoms with Crippen LogP contribution >= 0.6 is 11.8 Å². The normalized spacial score (nSPS) is 10.9. The Morgan fingerprint density at radius 1 is 1.07 bits per heavy atom. The van der Waals surface area contributed by atoms with Crippen molar-refractivity contribution in [1.82, 2.24) is 9.97 Å². The van der Waals surface area contributed by atoms with Gasteiger partial charge in [-0.3, -0.25) is 4.79 Å². The predicted molar refractivity (Wildman–Crippen MR) is 119 cm³/mol. The van der Waals surface area contributed by atoms with E-state index in [-0.39, 0.29) is 5.43 Å². The molecule has 0 aliphatic heterocycles. The molecule has 6 nitrogen and oxygen atoms in total. The molecule has 4 aromatic rings. The van der Waals surface area contributed by atoms with Crippen molar-refractivity contribution in [3.8, 4) is 0 Å². The third-order valence-corrected chi connectivity index (χ3v) is 5.35. The first-order chi connectivity index (χ1) is 14.0. The zero-order valence-corrected chi connectivity index (χ0v) is 17.2. The number of aryl methyl sites for hydroxylation is 1. The van der Waals surface area contributed by atoms with Crippen molar-refractivity contribution in [1.29, 1.82) is 0 Å². The first kappa shape index (κ1) is 19.0. The molecule has 0 atom stereocenters. The molecule has 0 fully saturated rings. The molecule has 0 saturated carbocycles. The van der Waals surface area contributed by atoms with Crippen LogP contribution in [0.3, 0.4) is 0 Å². The summed E-state index contributed by atoms with van der Waals surface area (Å²) < 4.78 is 5.68. The predicted octanol–water partition coefficient (Wildman–Crippen LogP) is 5.12. The summed E-state index contributed by atoms with van der Waals surface area (Å²) in [5.41, 5.74) is 2.35. The number of benzene rings is 2. The molecule has 146 valence electrons. The minimum Gasteiger partial charge on any atom is -0.461 e. The van der Waals surface area contributed by atoms with Gasteiger partial charge < -0.3 is 14.6 Å². The number of anilines is 4. The molecule has 0 unspecified atom stereocenters. The SMILES string of the molecule is CSc1ccccc1N(C)c1cc(Nc2ccc3c(=O)cc(C)oc3c2)ncn1. The Bertz CT molecular complexity index is 1240. The smallest absolute Gasteiger partial charge is 0.192 e. The lowest BCUT2D eigenvalue weighted by atomic mass is 10.2. The van der Waals surface area contributed by atoms with Gasteiger partial charge in [0.1, 0.15) is 29.3 Å². The highest BCUT2D eigenvalue weighted by atomic mass is 32.2. The number of hydrogen-bond donors (Lipinski definition) is 1. The van der Waals surface area contributed by atoms with Gasteiger partial charge in [-0.2, -0.15) is 0 Å². The minimum absolute atomic E-state index is 0.0475. The van der Waals surface area contributed by atoms with Gasteiger partial charge in [0.2, 0.25) is 0 Å². The van der Waals surface area contributed by atoms with Crippen LogP contribution in [0, 0.1) is 6.92 Å². The van der Waals surface area contributed by atoms with Crippen LogP contribution in [0.15, 0.2) is 75.0 Å². The maximum Gasteiger partial charge on any atom is 0.192 e. The van der Waals surface area contributed by atoms with Crippen molar-refractivity contribution < 1.29 is 4.42 Å². The lowest BCUT2D eigenvalue weighted by Gasteiger charge is -2.21. The number of hydrogen-bond acceptors (Lipinski definition) is 7. The van der Waals surface area contributed by atoms with Gasteiger partial charge in [-0.15, -0.1) is 11.8 Å². The van der Waals surface area contributed by atoms with Gasteiger partial charge in [0.15, 0.2) is 5.43 Å². The number of aromatic nitrogens is 2. The van der Waals surface area contributed by atoms with E-state index >= 15 is 0 Å². The average molecular weight is 404 g/mol. The minimum atomic E-state index is -0.0475. The summed E-state index contributed by atoms with van der Waals surface area (Å²) in [4.78, 5) is 24.0. The second-order valence-corrected chi connectivity index (χ2v) is 7.40. The molecule has 2 aromatic carbocycles. The van der Waals surface area contributed by atoms with Crippen LogP contribution in [0.2, 0.25) is 0 Å². The number of fused-ring (bicyclic) bond motifs is 1. The zero-order valence-electron chi connectivity index (χ0n) is 16.3. The third-order valence-electron chi connectivity index (χ3n) is 4.57. The van der Waals surface area contributed by atoms with E-state index in [1.54, 1.807) is 30.8 Å². The maximum absolute atomic E-state index is 12.1. The van der Waals surface area contributed by atoms with Gasteiger partial charge in [-0.1, -0.05) is 12.1 Å². The summed E-state index contributed by atoms with van der Waals surface area (Å²) in [7, 11) is 1.98. The maximum atomic E-state index is 12.1. The molecule has 0 aliphatic carbocycles. The number of nitrogens with one attached hydrogen (secondary N) is 1. The summed E-state index contributed by atoms with van der Waals surface area (Å²) in [6, 6.07) is 17.0.